The molecule has 6 heteroatoms. The number of nitro groups is 1. The highest BCUT2D eigenvalue weighted by molar-refractivity contribution is 9.10. The van der Waals surface area contributed by atoms with E-state index in [0.29, 0.717) is 28.7 Å². The van der Waals surface area contributed by atoms with Crippen LogP contribution >= 0.6 is 15.9 Å². The zero-order chi connectivity index (χ0) is 16.8. The van der Waals surface area contributed by atoms with Gasteiger partial charge in [-0.2, -0.15) is 0 Å². The van der Waals surface area contributed by atoms with Gasteiger partial charge < -0.3 is 4.90 Å². The Balaban J connectivity index is 1.75. The van der Waals surface area contributed by atoms with Crippen LogP contribution in [0.2, 0.25) is 0 Å². The fraction of sp³-hybridized carbons (Fsp3) is 0.278. The van der Waals surface area contributed by atoms with E-state index in [4.69, 9.17) is 0 Å². The second kappa shape index (κ2) is 5.70. The second-order valence-corrected chi connectivity index (χ2v) is 7.15. The van der Waals surface area contributed by atoms with Crippen LogP contribution in [0.1, 0.15) is 33.5 Å². The Morgan fingerprint density at radius 1 is 1.08 bits per heavy atom. The van der Waals surface area contributed by atoms with Crippen molar-refractivity contribution in [2.75, 3.05) is 11.4 Å². The summed E-state index contributed by atoms with van der Waals surface area (Å²) in [6.45, 7) is 0.475. The lowest BCUT2D eigenvalue weighted by atomic mass is 10.1. The minimum atomic E-state index is -0.419. The molecule has 4 rings (SSSR count). The number of hydrogen-bond donors (Lipinski definition) is 0. The van der Waals surface area contributed by atoms with E-state index in [1.807, 2.05) is 24.3 Å². The van der Waals surface area contributed by atoms with Crippen LogP contribution in [0.15, 0.2) is 34.8 Å². The molecule has 24 heavy (non-hydrogen) atoms. The van der Waals surface area contributed by atoms with Gasteiger partial charge in [0.15, 0.2) is 0 Å². The average molecular weight is 387 g/mol. The molecule has 0 radical (unpaired) electrons. The van der Waals surface area contributed by atoms with Crippen LogP contribution in [-0.4, -0.2) is 17.4 Å². The normalized spacial score (nSPS) is 15.3. The highest BCUT2D eigenvalue weighted by Gasteiger charge is 2.33. The number of nitrogens with zero attached hydrogens (tertiary/aromatic N) is 2. The molecule has 0 N–H and O–H groups in total. The van der Waals surface area contributed by atoms with Gasteiger partial charge in [0, 0.05) is 22.6 Å². The van der Waals surface area contributed by atoms with Gasteiger partial charge in [-0.15, -0.1) is 0 Å². The molecule has 2 aliphatic rings. The van der Waals surface area contributed by atoms with Crippen LogP contribution in [0.3, 0.4) is 0 Å². The van der Waals surface area contributed by atoms with Gasteiger partial charge in [0.05, 0.1) is 4.92 Å². The maximum Gasteiger partial charge on any atom is 0.294 e. The van der Waals surface area contributed by atoms with Crippen molar-refractivity contribution >= 4 is 33.2 Å². The molecule has 0 saturated heterocycles. The Bertz CT molecular complexity index is 879. The van der Waals surface area contributed by atoms with E-state index in [-0.39, 0.29) is 11.6 Å². The summed E-state index contributed by atoms with van der Waals surface area (Å²) in [5.74, 6) is -0.158. The lowest BCUT2D eigenvalue weighted by molar-refractivity contribution is -0.384. The predicted octanol–water partition coefficient (Wildman–Crippen LogP) is 4.05. The summed E-state index contributed by atoms with van der Waals surface area (Å²) in [5.41, 5.74) is 4.40. The van der Waals surface area contributed by atoms with E-state index in [1.54, 1.807) is 4.90 Å². The average Bonchev–Trinajstić information content (AvgIpc) is 3.18. The molecule has 1 amide bonds. The molecule has 2 aromatic rings. The molecule has 0 aromatic heterocycles. The number of rotatable bonds is 2. The molecule has 0 spiro atoms. The van der Waals surface area contributed by atoms with Crippen molar-refractivity contribution in [2.45, 2.75) is 25.7 Å². The molecule has 122 valence electrons. The van der Waals surface area contributed by atoms with Crippen molar-refractivity contribution in [3.05, 3.63) is 67.2 Å². The Labute approximate surface area is 147 Å². The zero-order valence-electron chi connectivity index (χ0n) is 12.9. The van der Waals surface area contributed by atoms with Gasteiger partial charge in [-0.05, 0) is 60.6 Å². The second-order valence-electron chi connectivity index (χ2n) is 6.23. The Kier molecular flexibility index (Phi) is 3.64. The van der Waals surface area contributed by atoms with E-state index >= 15 is 0 Å². The summed E-state index contributed by atoms with van der Waals surface area (Å²) in [6.07, 6.45) is 3.82. The van der Waals surface area contributed by atoms with Crippen molar-refractivity contribution in [3.8, 4) is 0 Å². The molecule has 2 aromatic carbocycles. The van der Waals surface area contributed by atoms with Gasteiger partial charge in [0.25, 0.3) is 11.6 Å². The third-order valence-corrected chi connectivity index (χ3v) is 5.25. The number of hydrogen-bond acceptors (Lipinski definition) is 3. The third-order valence-electron chi connectivity index (χ3n) is 4.80. The predicted molar refractivity (Wildman–Crippen MR) is 94.6 cm³/mol. The van der Waals surface area contributed by atoms with Gasteiger partial charge >= 0.3 is 0 Å². The van der Waals surface area contributed by atoms with E-state index in [0.717, 1.165) is 24.8 Å². The molecular formula is C18H15BrN2O3. The lowest BCUT2D eigenvalue weighted by Gasteiger charge is -2.18. The summed E-state index contributed by atoms with van der Waals surface area (Å²) < 4.78 is 0.666. The molecule has 0 fully saturated rings. The quantitative estimate of drug-likeness (QED) is 0.577. The fourth-order valence-electron chi connectivity index (χ4n) is 3.69. The molecule has 1 heterocycles. The number of nitro benzene ring substituents is 1. The zero-order valence-corrected chi connectivity index (χ0v) is 14.5. The highest BCUT2D eigenvalue weighted by Crippen LogP contribution is 2.40. The van der Waals surface area contributed by atoms with Gasteiger partial charge in [-0.1, -0.05) is 22.0 Å². The molecule has 0 atom stereocenters. The third kappa shape index (κ3) is 2.41. The Morgan fingerprint density at radius 2 is 1.88 bits per heavy atom. The smallest absolute Gasteiger partial charge is 0.294 e. The van der Waals surface area contributed by atoms with Crippen LogP contribution in [0.25, 0.3) is 0 Å². The number of carbonyl (C=O) groups excluding carboxylic acids is 1. The summed E-state index contributed by atoms with van der Waals surface area (Å²) in [6, 6.07) is 9.14. The Morgan fingerprint density at radius 3 is 2.67 bits per heavy atom. The first-order valence-corrected chi connectivity index (χ1v) is 8.74. The fourth-order valence-corrected chi connectivity index (χ4v) is 4.18. The van der Waals surface area contributed by atoms with Crippen LogP contribution in [0, 0.1) is 10.1 Å². The minimum absolute atomic E-state index is 0.0219. The van der Waals surface area contributed by atoms with Crippen molar-refractivity contribution < 1.29 is 9.72 Å². The van der Waals surface area contributed by atoms with E-state index in [1.165, 1.54) is 17.2 Å². The number of anilines is 1. The van der Waals surface area contributed by atoms with E-state index in [9.17, 15) is 14.9 Å². The van der Waals surface area contributed by atoms with Gasteiger partial charge in [0.1, 0.15) is 5.69 Å². The molecule has 0 unspecified atom stereocenters. The number of fused-ring (bicyclic) bond motifs is 2. The van der Waals surface area contributed by atoms with Crippen molar-refractivity contribution in [1.29, 1.82) is 0 Å². The number of halogens is 1. The standard InChI is InChI=1S/C18H15BrN2O3/c19-15-9-13-6-7-20(17(13)16(10-15)21(23)24)18(22)14-5-4-11-2-1-3-12(11)8-14/h4-5,8-10H,1-3,6-7H2. The lowest BCUT2D eigenvalue weighted by Crippen LogP contribution is -2.29. The largest absolute Gasteiger partial charge is 0.302 e. The Hall–Kier alpha value is -2.21. The summed E-state index contributed by atoms with van der Waals surface area (Å²) in [5, 5.41) is 11.4. The number of benzene rings is 2. The number of carbonyl (C=O) groups is 1. The maximum atomic E-state index is 13.0. The van der Waals surface area contributed by atoms with Crippen LogP contribution < -0.4 is 4.90 Å². The molecule has 1 aliphatic carbocycles. The van der Waals surface area contributed by atoms with Crippen LogP contribution in [0.4, 0.5) is 11.4 Å². The van der Waals surface area contributed by atoms with Crippen LogP contribution in [-0.2, 0) is 19.3 Å². The molecular weight excluding hydrogens is 372 g/mol. The summed E-state index contributed by atoms with van der Waals surface area (Å²) in [7, 11) is 0. The molecule has 1 aliphatic heterocycles. The molecule has 0 bridgehead atoms. The number of amides is 1. The van der Waals surface area contributed by atoms with Gasteiger partial charge in [-0.25, -0.2) is 0 Å². The topological polar surface area (TPSA) is 63.5 Å². The van der Waals surface area contributed by atoms with Crippen LogP contribution in [0.5, 0.6) is 0 Å². The first-order valence-electron chi connectivity index (χ1n) is 7.95. The molecule has 0 saturated carbocycles. The maximum absolute atomic E-state index is 13.0. The first-order chi connectivity index (χ1) is 11.5. The van der Waals surface area contributed by atoms with E-state index in [2.05, 4.69) is 15.9 Å². The first kappa shape index (κ1) is 15.3. The van der Waals surface area contributed by atoms with Crippen molar-refractivity contribution in [2.24, 2.45) is 0 Å². The van der Waals surface area contributed by atoms with Gasteiger partial charge in [0.2, 0.25) is 0 Å². The highest BCUT2D eigenvalue weighted by atomic mass is 79.9. The summed E-state index contributed by atoms with van der Waals surface area (Å²) >= 11 is 3.31. The molecule has 5 nitrogen and oxygen atoms in total. The van der Waals surface area contributed by atoms with Crippen molar-refractivity contribution in [1.82, 2.24) is 0 Å². The van der Waals surface area contributed by atoms with E-state index < -0.39 is 4.92 Å². The SMILES string of the molecule is O=C(c1ccc2c(c1)CCC2)N1CCc2cc(Br)cc([N+](=O)[O-])c21. The number of aryl methyl sites for hydroxylation is 2. The van der Waals surface area contributed by atoms with Crippen molar-refractivity contribution in [3.63, 3.8) is 0 Å². The monoisotopic (exact) mass is 386 g/mol. The van der Waals surface area contributed by atoms with Gasteiger partial charge in [-0.3, -0.25) is 14.9 Å². The summed E-state index contributed by atoms with van der Waals surface area (Å²) in [4.78, 5) is 25.5. The minimum Gasteiger partial charge on any atom is -0.302 e.